The number of aliphatic hydroxyl groups excluding tert-OH is 1. The summed E-state index contributed by atoms with van der Waals surface area (Å²) in [6.07, 6.45) is -0.479. The zero-order valence-corrected chi connectivity index (χ0v) is 11.2. The molecule has 98 valence electrons. The Morgan fingerprint density at radius 2 is 1.89 bits per heavy atom. The van der Waals surface area contributed by atoms with Gasteiger partial charge in [0.2, 0.25) is 5.91 Å². The molecule has 4 nitrogen and oxygen atoms in total. The highest BCUT2D eigenvalue weighted by molar-refractivity contribution is 8.00. The molecule has 0 aliphatic rings. The van der Waals surface area contributed by atoms with Crippen LogP contribution in [0.3, 0.4) is 0 Å². The molecule has 0 fully saturated rings. The Kier molecular flexibility index (Phi) is 5.88. The molecule has 18 heavy (non-hydrogen) atoms. The van der Waals surface area contributed by atoms with E-state index in [1.165, 1.54) is 11.8 Å². The normalized spacial score (nSPS) is 13.7. The van der Waals surface area contributed by atoms with Crippen molar-refractivity contribution in [2.45, 2.75) is 25.2 Å². The summed E-state index contributed by atoms with van der Waals surface area (Å²) < 4.78 is 0. The smallest absolute Gasteiger partial charge is 0.257 e. The maximum atomic E-state index is 11.6. The summed E-state index contributed by atoms with van der Waals surface area (Å²) in [6, 6.07) is 8.58. The third kappa shape index (κ3) is 4.89. The first-order valence-corrected chi connectivity index (χ1v) is 6.74. The fraction of sp³-hybridized carbons (Fsp3) is 0.385. The quantitative estimate of drug-likeness (QED) is 0.847. The Bertz CT molecular complexity index is 406. The lowest BCUT2D eigenvalue weighted by molar-refractivity contribution is -0.117. The average molecular weight is 267 g/mol. The number of nitrogens with one attached hydrogen (secondary N) is 1. The zero-order chi connectivity index (χ0) is 13.5. The minimum Gasteiger partial charge on any atom is -0.392 e. The summed E-state index contributed by atoms with van der Waals surface area (Å²) in [7, 11) is 0. The number of benzene rings is 1. The molecular formula is C13H17NO3S. The summed E-state index contributed by atoms with van der Waals surface area (Å²) in [5.41, 5.74) is 0.458. The van der Waals surface area contributed by atoms with Gasteiger partial charge in [0.1, 0.15) is 0 Å². The fourth-order valence-electron chi connectivity index (χ4n) is 1.17. The number of carbonyl (C=O) groups excluding carboxylic acids is 2. The summed E-state index contributed by atoms with van der Waals surface area (Å²) >= 11 is 1.32. The third-order valence-corrected chi connectivity index (χ3v) is 3.79. The Balaban J connectivity index is 2.39. The van der Waals surface area contributed by atoms with E-state index in [1.807, 2.05) is 6.92 Å². The minimum absolute atomic E-state index is 0.0393. The Hall–Kier alpha value is -1.33. The average Bonchev–Trinajstić information content (AvgIpc) is 2.36. The third-order valence-electron chi connectivity index (χ3n) is 2.45. The zero-order valence-electron chi connectivity index (χ0n) is 10.4. The minimum atomic E-state index is -0.479. The van der Waals surface area contributed by atoms with Crippen LogP contribution >= 0.6 is 11.8 Å². The number of hydrogen-bond donors (Lipinski definition) is 2. The van der Waals surface area contributed by atoms with Gasteiger partial charge in [0.25, 0.3) is 5.91 Å². The van der Waals surface area contributed by atoms with Gasteiger partial charge in [0, 0.05) is 10.8 Å². The van der Waals surface area contributed by atoms with Crippen LogP contribution in [0.2, 0.25) is 0 Å². The van der Waals surface area contributed by atoms with Gasteiger partial charge >= 0.3 is 0 Å². The van der Waals surface area contributed by atoms with Crippen LogP contribution in [0, 0.1) is 0 Å². The summed E-state index contributed by atoms with van der Waals surface area (Å²) in [6.45, 7) is 3.51. The van der Waals surface area contributed by atoms with E-state index in [2.05, 4.69) is 5.32 Å². The van der Waals surface area contributed by atoms with E-state index >= 15 is 0 Å². The molecule has 0 saturated carbocycles. The van der Waals surface area contributed by atoms with E-state index < -0.39 is 12.0 Å². The second kappa shape index (κ2) is 7.18. The van der Waals surface area contributed by atoms with E-state index in [1.54, 1.807) is 37.3 Å². The summed E-state index contributed by atoms with van der Waals surface area (Å²) in [5.74, 6) is -0.586. The van der Waals surface area contributed by atoms with E-state index in [0.717, 1.165) is 0 Å². The standard InChI is InChI=1S/C13H17NO3S/c1-9(15)10(2)18-8-12(16)14-13(17)11-6-4-3-5-7-11/h3-7,9-10,15H,8H2,1-2H3,(H,14,16,17). The molecule has 0 saturated heterocycles. The van der Waals surface area contributed by atoms with Crippen molar-refractivity contribution in [1.82, 2.24) is 5.32 Å². The molecule has 1 aromatic carbocycles. The first kappa shape index (κ1) is 14.7. The van der Waals surface area contributed by atoms with Crippen LogP contribution in [-0.2, 0) is 4.79 Å². The fourth-order valence-corrected chi connectivity index (χ4v) is 1.94. The van der Waals surface area contributed by atoms with Crippen LogP contribution in [0.15, 0.2) is 30.3 Å². The lowest BCUT2D eigenvalue weighted by Crippen LogP contribution is -2.32. The largest absolute Gasteiger partial charge is 0.392 e. The molecule has 0 aliphatic heterocycles. The number of imide groups is 1. The summed E-state index contributed by atoms with van der Waals surface area (Å²) in [5, 5.41) is 11.5. The van der Waals surface area contributed by atoms with Crippen molar-refractivity contribution in [3.63, 3.8) is 0 Å². The number of rotatable bonds is 5. The van der Waals surface area contributed by atoms with Gasteiger partial charge in [-0.05, 0) is 19.1 Å². The molecule has 1 rings (SSSR count). The maximum Gasteiger partial charge on any atom is 0.257 e. The number of carbonyl (C=O) groups is 2. The Morgan fingerprint density at radius 1 is 1.28 bits per heavy atom. The molecule has 2 unspecified atom stereocenters. The lowest BCUT2D eigenvalue weighted by Gasteiger charge is -2.13. The molecule has 0 spiro atoms. The van der Waals surface area contributed by atoms with E-state index in [-0.39, 0.29) is 16.9 Å². The molecule has 2 amide bonds. The van der Waals surface area contributed by atoms with Gasteiger partial charge in [0.15, 0.2) is 0 Å². The van der Waals surface area contributed by atoms with Crippen molar-refractivity contribution in [3.05, 3.63) is 35.9 Å². The topological polar surface area (TPSA) is 66.4 Å². The highest BCUT2D eigenvalue weighted by Gasteiger charge is 2.14. The first-order chi connectivity index (χ1) is 8.50. The molecule has 0 aliphatic carbocycles. The first-order valence-electron chi connectivity index (χ1n) is 5.69. The number of amides is 2. The van der Waals surface area contributed by atoms with Gasteiger partial charge in [-0.2, -0.15) is 0 Å². The van der Waals surface area contributed by atoms with Crippen LogP contribution < -0.4 is 5.32 Å². The van der Waals surface area contributed by atoms with Gasteiger partial charge in [-0.25, -0.2) is 0 Å². The number of thioether (sulfide) groups is 1. The van der Waals surface area contributed by atoms with Crippen molar-refractivity contribution in [1.29, 1.82) is 0 Å². The van der Waals surface area contributed by atoms with Crippen molar-refractivity contribution in [3.8, 4) is 0 Å². The highest BCUT2D eigenvalue weighted by Crippen LogP contribution is 2.13. The van der Waals surface area contributed by atoms with Crippen molar-refractivity contribution >= 4 is 23.6 Å². The SMILES string of the molecule is CC(O)C(C)SCC(=O)NC(=O)c1ccccc1. The van der Waals surface area contributed by atoms with E-state index in [0.29, 0.717) is 5.56 Å². The second-order valence-electron chi connectivity index (χ2n) is 4.00. The maximum absolute atomic E-state index is 11.6. The molecule has 2 N–H and O–H groups in total. The molecule has 1 aromatic rings. The molecule has 0 aromatic heterocycles. The van der Waals surface area contributed by atoms with Gasteiger partial charge in [-0.15, -0.1) is 11.8 Å². The van der Waals surface area contributed by atoms with Gasteiger partial charge < -0.3 is 5.11 Å². The van der Waals surface area contributed by atoms with E-state index in [9.17, 15) is 14.7 Å². The predicted molar refractivity (Wildman–Crippen MR) is 72.5 cm³/mol. The van der Waals surface area contributed by atoms with Crippen LogP contribution in [-0.4, -0.2) is 34.0 Å². The van der Waals surface area contributed by atoms with Crippen LogP contribution in [0.4, 0.5) is 0 Å². The predicted octanol–water partition coefficient (Wildman–Crippen LogP) is 1.45. The van der Waals surface area contributed by atoms with Gasteiger partial charge in [-0.1, -0.05) is 25.1 Å². The van der Waals surface area contributed by atoms with Gasteiger partial charge in [0.05, 0.1) is 11.9 Å². The molecule has 0 heterocycles. The number of hydrogen-bond acceptors (Lipinski definition) is 4. The monoisotopic (exact) mass is 267 g/mol. The van der Waals surface area contributed by atoms with Crippen LogP contribution in [0.1, 0.15) is 24.2 Å². The summed E-state index contributed by atoms with van der Waals surface area (Å²) in [4.78, 5) is 23.2. The molecule has 0 radical (unpaired) electrons. The molecule has 2 atom stereocenters. The Morgan fingerprint density at radius 3 is 2.44 bits per heavy atom. The second-order valence-corrected chi connectivity index (χ2v) is 5.37. The lowest BCUT2D eigenvalue weighted by atomic mass is 10.2. The number of aliphatic hydroxyl groups is 1. The van der Waals surface area contributed by atoms with Crippen molar-refractivity contribution in [2.75, 3.05) is 5.75 Å². The van der Waals surface area contributed by atoms with E-state index in [4.69, 9.17) is 0 Å². The molecule has 0 bridgehead atoms. The molecule has 5 heteroatoms. The van der Waals surface area contributed by atoms with Crippen LogP contribution in [0.5, 0.6) is 0 Å². The van der Waals surface area contributed by atoms with Crippen molar-refractivity contribution < 1.29 is 14.7 Å². The highest BCUT2D eigenvalue weighted by atomic mass is 32.2. The van der Waals surface area contributed by atoms with Gasteiger partial charge in [-0.3, -0.25) is 14.9 Å². The van der Waals surface area contributed by atoms with Crippen molar-refractivity contribution in [2.24, 2.45) is 0 Å². The van der Waals surface area contributed by atoms with Crippen LogP contribution in [0.25, 0.3) is 0 Å². The Labute approximate surface area is 111 Å². The molecular weight excluding hydrogens is 250 g/mol.